The van der Waals surface area contributed by atoms with E-state index in [0.29, 0.717) is 32.2 Å². The minimum absolute atomic E-state index is 0.0233. The van der Waals surface area contributed by atoms with Crippen LogP contribution in [0.4, 0.5) is 0 Å². The third-order valence-corrected chi connectivity index (χ3v) is 5.93. The lowest BCUT2D eigenvalue weighted by Gasteiger charge is -2.31. The highest BCUT2D eigenvalue weighted by atomic mass is 32.2. The molecule has 0 saturated carbocycles. The van der Waals surface area contributed by atoms with E-state index in [0.717, 1.165) is 12.8 Å². The van der Waals surface area contributed by atoms with Gasteiger partial charge in [0.15, 0.2) is 9.84 Å². The molecule has 0 N–H and O–H groups in total. The molecule has 1 aliphatic heterocycles. The molecule has 0 aliphatic carbocycles. The van der Waals surface area contributed by atoms with Gasteiger partial charge in [-0.05, 0) is 30.9 Å². The fraction of sp³-hybridized carbons (Fsp3) is 0.500. The number of hydrogen-bond acceptors (Lipinski definition) is 4. The topological polar surface area (TPSA) is 63.7 Å². The van der Waals surface area contributed by atoms with Crippen molar-refractivity contribution in [1.29, 1.82) is 0 Å². The van der Waals surface area contributed by atoms with E-state index in [1.165, 1.54) is 0 Å². The third-order valence-electron chi connectivity index (χ3n) is 4.19. The molecule has 0 atom stereocenters. The van der Waals surface area contributed by atoms with Gasteiger partial charge in [-0.25, -0.2) is 8.42 Å². The summed E-state index contributed by atoms with van der Waals surface area (Å²) >= 11 is 0. The van der Waals surface area contributed by atoms with Crippen molar-refractivity contribution >= 4 is 15.7 Å². The lowest BCUT2D eigenvalue weighted by molar-refractivity contribution is -0.132. The normalized spacial score (nSPS) is 15.9. The zero-order chi connectivity index (χ0) is 17.4. The van der Waals surface area contributed by atoms with Crippen molar-refractivity contribution in [2.75, 3.05) is 32.1 Å². The Balaban J connectivity index is 1.77. The van der Waals surface area contributed by atoms with Gasteiger partial charge in [-0.2, -0.15) is 0 Å². The summed E-state index contributed by atoms with van der Waals surface area (Å²) in [5.41, 5.74) is 0. The molecule has 6 heteroatoms. The number of sulfone groups is 1. The molecular weight excluding hydrogens is 326 g/mol. The fourth-order valence-electron chi connectivity index (χ4n) is 2.76. The van der Waals surface area contributed by atoms with Crippen LogP contribution < -0.4 is 0 Å². The Kier molecular flexibility index (Phi) is 6.83. The number of ether oxygens (including phenoxy) is 1. The van der Waals surface area contributed by atoms with Crippen LogP contribution in [0.15, 0.2) is 35.2 Å². The van der Waals surface area contributed by atoms with Crippen molar-refractivity contribution in [3.63, 3.8) is 0 Å². The first kappa shape index (κ1) is 18.5. The second-order valence-electron chi connectivity index (χ2n) is 5.93. The Bertz CT molecular complexity index is 671. The molecule has 1 aliphatic rings. The number of hydrogen-bond donors (Lipinski definition) is 0. The maximum absolute atomic E-state index is 12.2. The number of benzene rings is 1. The minimum Gasteiger partial charge on any atom is -0.369 e. The SMILES string of the molecule is C#CCOCC1CCN(C(=O)CCS(=O)(=O)c2ccccc2)CC1. The summed E-state index contributed by atoms with van der Waals surface area (Å²) in [6, 6.07) is 8.24. The number of carbonyl (C=O) groups excluding carboxylic acids is 1. The van der Waals surface area contributed by atoms with Gasteiger partial charge >= 0.3 is 0 Å². The lowest BCUT2D eigenvalue weighted by Crippen LogP contribution is -2.40. The molecule has 130 valence electrons. The zero-order valence-corrected chi connectivity index (χ0v) is 14.5. The van der Waals surface area contributed by atoms with Gasteiger partial charge in [0.2, 0.25) is 5.91 Å². The third kappa shape index (κ3) is 5.36. The molecule has 1 heterocycles. The minimum atomic E-state index is -3.41. The van der Waals surface area contributed by atoms with Crippen LogP contribution in [0, 0.1) is 18.3 Å². The highest BCUT2D eigenvalue weighted by Gasteiger charge is 2.24. The number of amides is 1. The number of piperidine rings is 1. The molecule has 0 unspecified atom stereocenters. The summed E-state index contributed by atoms with van der Waals surface area (Å²) in [7, 11) is -3.41. The molecule has 0 radical (unpaired) electrons. The molecule has 1 aromatic carbocycles. The lowest BCUT2D eigenvalue weighted by atomic mass is 9.97. The van der Waals surface area contributed by atoms with Crippen molar-refractivity contribution in [3.05, 3.63) is 30.3 Å². The predicted octanol–water partition coefficient (Wildman–Crippen LogP) is 1.74. The van der Waals surface area contributed by atoms with E-state index in [1.807, 2.05) is 0 Å². The Hall–Kier alpha value is -1.84. The number of nitrogens with zero attached hydrogens (tertiary/aromatic N) is 1. The van der Waals surface area contributed by atoms with Crippen LogP contribution in [-0.4, -0.2) is 51.3 Å². The molecule has 5 nitrogen and oxygen atoms in total. The Morgan fingerprint density at radius 2 is 1.92 bits per heavy atom. The van der Waals surface area contributed by atoms with Gasteiger partial charge in [0.1, 0.15) is 6.61 Å². The average Bonchev–Trinajstić information content (AvgIpc) is 2.61. The second kappa shape index (κ2) is 8.86. The van der Waals surface area contributed by atoms with Crippen LogP contribution in [0.25, 0.3) is 0 Å². The number of carbonyl (C=O) groups is 1. The highest BCUT2D eigenvalue weighted by Crippen LogP contribution is 2.19. The first-order valence-corrected chi connectivity index (χ1v) is 9.75. The van der Waals surface area contributed by atoms with Crippen molar-refractivity contribution in [1.82, 2.24) is 4.90 Å². The van der Waals surface area contributed by atoms with Crippen molar-refractivity contribution < 1.29 is 17.9 Å². The largest absolute Gasteiger partial charge is 0.369 e. The van der Waals surface area contributed by atoms with Crippen LogP contribution in [0.1, 0.15) is 19.3 Å². The number of likely N-dealkylation sites (tertiary alicyclic amines) is 1. The molecule has 1 amide bonds. The van der Waals surface area contributed by atoms with E-state index in [1.54, 1.807) is 35.2 Å². The summed E-state index contributed by atoms with van der Waals surface area (Å²) in [5, 5.41) is 0. The van der Waals surface area contributed by atoms with E-state index in [4.69, 9.17) is 11.2 Å². The number of terminal acetylenes is 1. The van der Waals surface area contributed by atoms with E-state index >= 15 is 0 Å². The van der Waals surface area contributed by atoms with E-state index in [2.05, 4.69) is 5.92 Å². The van der Waals surface area contributed by atoms with Gasteiger partial charge in [-0.1, -0.05) is 24.1 Å². The Morgan fingerprint density at radius 1 is 1.25 bits per heavy atom. The van der Waals surface area contributed by atoms with Gasteiger partial charge in [0.25, 0.3) is 0 Å². The summed E-state index contributed by atoms with van der Waals surface area (Å²) in [4.78, 5) is 14.3. The molecule has 0 spiro atoms. The first-order valence-electron chi connectivity index (χ1n) is 8.09. The summed E-state index contributed by atoms with van der Waals surface area (Å²) in [5.74, 6) is 2.60. The maximum Gasteiger partial charge on any atom is 0.223 e. The van der Waals surface area contributed by atoms with Crippen molar-refractivity contribution in [2.45, 2.75) is 24.2 Å². The molecule has 1 aromatic rings. The monoisotopic (exact) mass is 349 g/mol. The predicted molar refractivity (Wildman–Crippen MR) is 92.1 cm³/mol. The molecule has 24 heavy (non-hydrogen) atoms. The summed E-state index contributed by atoms with van der Waals surface area (Å²) in [6.07, 6.45) is 6.89. The molecular formula is C18H23NO4S. The van der Waals surface area contributed by atoms with Crippen molar-refractivity contribution in [3.8, 4) is 12.3 Å². The first-order chi connectivity index (χ1) is 11.5. The van der Waals surface area contributed by atoms with E-state index < -0.39 is 9.84 Å². The molecule has 1 saturated heterocycles. The standard InChI is InChI=1S/C18H23NO4S/c1-2-13-23-15-16-8-11-19(12-9-16)18(20)10-14-24(21,22)17-6-4-3-5-7-17/h1,3-7,16H,8-15H2. The summed E-state index contributed by atoms with van der Waals surface area (Å²) in [6.45, 7) is 2.23. The van der Waals surface area contributed by atoms with Gasteiger partial charge in [-0.3, -0.25) is 4.79 Å². The van der Waals surface area contributed by atoms with Crippen LogP contribution in [0.2, 0.25) is 0 Å². The van der Waals surface area contributed by atoms with Crippen LogP contribution in [-0.2, 0) is 19.4 Å². The van der Waals surface area contributed by atoms with Crippen molar-refractivity contribution in [2.24, 2.45) is 5.92 Å². The Labute approximate surface area is 143 Å². The Morgan fingerprint density at radius 3 is 2.54 bits per heavy atom. The highest BCUT2D eigenvalue weighted by molar-refractivity contribution is 7.91. The summed E-state index contributed by atoms with van der Waals surface area (Å²) < 4.78 is 29.8. The molecule has 1 fully saturated rings. The average molecular weight is 349 g/mol. The molecule has 2 rings (SSSR count). The van der Waals surface area contributed by atoms with Gasteiger partial charge in [-0.15, -0.1) is 6.42 Å². The second-order valence-corrected chi connectivity index (χ2v) is 8.03. The maximum atomic E-state index is 12.2. The van der Waals surface area contributed by atoms with Crippen LogP contribution in [0.3, 0.4) is 0 Å². The van der Waals surface area contributed by atoms with Crippen LogP contribution >= 0.6 is 0 Å². The molecule has 0 aromatic heterocycles. The van der Waals surface area contributed by atoms with Gasteiger partial charge in [0.05, 0.1) is 17.3 Å². The van der Waals surface area contributed by atoms with Crippen LogP contribution in [0.5, 0.6) is 0 Å². The fourth-order valence-corrected chi connectivity index (χ4v) is 4.01. The van der Waals surface area contributed by atoms with E-state index in [9.17, 15) is 13.2 Å². The quantitative estimate of drug-likeness (QED) is 0.556. The zero-order valence-electron chi connectivity index (χ0n) is 13.7. The smallest absolute Gasteiger partial charge is 0.223 e. The van der Waals surface area contributed by atoms with Gasteiger partial charge < -0.3 is 9.64 Å². The van der Waals surface area contributed by atoms with E-state index in [-0.39, 0.29) is 23.0 Å². The van der Waals surface area contributed by atoms with Gasteiger partial charge in [0, 0.05) is 19.5 Å². The number of rotatable bonds is 7. The molecule has 0 bridgehead atoms.